The Morgan fingerprint density at radius 2 is 2.05 bits per heavy atom. The topological polar surface area (TPSA) is 50.9 Å². The van der Waals surface area contributed by atoms with Crippen molar-refractivity contribution >= 4 is 33.8 Å². The highest BCUT2D eigenvalue weighted by atomic mass is 35.5. The molecule has 5 heteroatoms. The lowest BCUT2D eigenvalue weighted by atomic mass is 10.0. The summed E-state index contributed by atoms with van der Waals surface area (Å²) in [5, 5.41) is 1.09. The fraction of sp³-hybridized carbons (Fsp3) is 0.0714. The maximum absolute atomic E-state index is 6.00. The maximum Gasteiger partial charge on any atom is 0.0931 e. The summed E-state index contributed by atoms with van der Waals surface area (Å²) in [5.41, 5.74) is 4.93. The fourth-order valence-electron chi connectivity index (χ4n) is 2.19. The number of hydrogen-bond acceptors (Lipinski definition) is 4. The number of rotatable bonds is 3. The van der Waals surface area contributed by atoms with Crippen molar-refractivity contribution in [2.24, 2.45) is 5.84 Å². The first-order valence-corrected chi connectivity index (χ1v) is 7.04. The van der Waals surface area contributed by atoms with Gasteiger partial charge in [0.2, 0.25) is 0 Å². The number of hydrazine groups is 1. The molecule has 0 spiro atoms. The molecule has 0 fully saturated rings. The Labute approximate surface area is 120 Å². The van der Waals surface area contributed by atoms with E-state index in [2.05, 4.69) is 22.5 Å². The molecule has 1 unspecified atom stereocenters. The van der Waals surface area contributed by atoms with Crippen molar-refractivity contribution in [3.63, 3.8) is 0 Å². The minimum Gasteiger partial charge on any atom is -0.271 e. The SMILES string of the molecule is NNC(c1ccc(Cl)s1)c1cccc2ncccc12. The molecule has 3 aromatic rings. The average Bonchev–Trinajstić information content (AvgIpc) is 2.86. The smallest absolute Gasteiger partial charge is 0.0931 e. The number of halogens is 1. The third-order valence-electron chi connectivity index (χ3n) is 3.04. The summed E-state index contributed by atoms with van der Waals surface area (Å²) in [7, 11) is 0. The Hall–Kier alpha value is -1.46. The Bertz CT molecular complexity index is 705. The van der Waals surface area contributed by atoms with E-state index in [1.165, 1.54) is 11.3 Å². The van der Waals surface area contributed by atoms with E-state index >= 15 is 0 Å². The first-order chi connectivity index (χ1) is 9.29. The van der Waals surface area contributed by atoms with Gasteiger partial charge in [-0.1, -0.05) is 29.8 Å². The van der Waals surface area contributed by atoms with E-state index in [0.29, 0.717) is 0 Å². The summed E-state index contributed by atoms with van der Waals surface area (Å²) in [6.45, 7) is 0. The molecule has 0 saturated carbocycles. The van der Waals surface area contributed by atoms with Gasteiger partial charge in [-0.3, -0.25) is 10.8 Å². The molecule has 0 aliphatic rings. The van der Waals surface area contributed by atoms with Crippen LogP contribution in [0.25, 0.3) is 10.9 Å². The van der Waals surface area contributed by atoms with E-state index in [0.717, 1.165) is 25.7 Å². The van der Waals surface area contributed by atoms with Crippen molar-refractivity contribution in [1.82, 2.24) is 10.4 Å². The van der Waals surface area contributed by atoms with Gasteiger partial charge in [0, 0.05) is 16.5 Å². The Morgan fingerprint density at radius 3 is 2.79 bits per heavy atom. The van der Waals surface area contributed by atoms with Crippen LogP contribution in [-0.2, 0) is 0 Å². The van der Waals surface area contributed by atoms with Gasteiger partial charge in [0.15, 0.2) is 0 Å². The molecule has 96 valence electrons. The predicted octanol–water partition coefficient (Wildman–Crippen LogP) is 3.50. The lowest BCUT2D eigenvalue weighted by Gasteiger charge is -2.16. The van der Waals surface area contributed by atoms with Crippen molar-refractivity contribution in [2.45, 2.75) is 6.04 Å². The normalized spacial score (nSPS) is 12.7. The van der Waals surface area contributed by atoms with Crippen LogP contribution in [0, 0.1) is 0 Å². The second-order valence-electron chi connectivity index (χ2n) is 4.16. The van der Waals surface area contributed by atoms with Gasteiger partial charge >= 0.3 is 0 Å². The van der Waals surface area contributed by atoms with Crippen molar-refractivity contribution in [3.8, 4) is 0 Å². The number of thiophene rings is 1. The number of benzene rings is 1. The van der Waals surface area contributed by atoms with Gasteiger partial charge in [0.25, 0.3) is 0 Å². The standard InChI is InChI=1S/C14H12ClN3S/c15-13-7-6-12(19-13)14(18-16)10-3-1-5-11-9(10)4-2-8-17-11/h1-8,14,18H,16H2. The number of hydrogen-bond donors (Lipinski definition) is 2. The van der Waals surface area contributed by atoms with Crippen molar-refractivity contribution < 1.29 is 0 Å². The van der Waals surface area contributed by atoms with Gasteiger partial charge in [0.1, 0.15) is 0 Å². The number of pyridine rings is 1. The van der Waals surface area contributed by atoms with Crippen LogP contribution in [0.5, 0.6) is 0 Å². The summed E-state index contributed by atoms with van der Waals surface area (Å²) in [4.78, 5) is 5.45. The third-order valence-corrected chi connectivity index (χ3v) is 4.33. The van der Waals surface area contributed by atoms with Gasteiger partial charge < -0.3 is 0 Å². The molecule has 3 nitrogen and oxygen atoms in total. The highest BCUT2D eigenvalue weighted by Crippen LogP contribution is 2.33. The molecule has 3 rings (SSSR count). The quantitative estimate of drug-likeness (QED) is 0.573. The Morgan fingerprint density at radius 1 is 1.16 bits per heavy atom. The highest BCUT2D eigenvalue weighted by molar-refractivity contribution is 7.16. The van der Waals surface area contributed by atoms with Crippen LogP contribution < -0.4 is 11.3 Å². The van der Waals surface area contributed by atoms with Crippen LogP contribution in [-0.4, -0.2) is 4.98 Å². The Kier molecular flexibility index (Phi) is 3.48. The van der Waals surface area contributed by atoms with Crippen LogP contribution in [0.3, 0.4) is 0 Å². The number of nitrogens with one attached hydrogen (secondary N) is 1. The summed E-state index contributed by atoms with van der Waals surface area (Å²) in [5.74, 6) is 5.73. The molecule has 0 aliphatic carbocycles. The molecule has 0 amide bonds. The van der Waals surface area contributed by atoms with E-state index in [-0.39, 0.29) is 6.04 Å². The zero-order valence-corrected chi connectivity index (χ0v) is 11.6. The highest BCUT2D eigenvalue weighted by Gasteiger charge is 2.17. The molecule has 19 heavy (non-hydrogen) atoms. The molecular formula is C14H12ClN3S. The molecule has 1 aromatic carbocycles. The van der Waals surface area contributed by atoms with E-state index < -0.39 is 0 Å². The van der Waals surface area contributed by atoms with Crippen LogP contribution in [0.15, 0.2) is 48.7 Å². The minimum absolute atomic E-state index is 0.0783. The van der Waals surface area contributed by atoms with E-state index in [4.69, 9.17) is 17.4 Å². The van der Waals surface area contributed by atoms with Crippen LogP contribution in [0.1, 0.15) is 16.5 Å². The molecular weight excluding hydrogens is 278 g/mol. The molecule has 1 atom stereocenters. The molecule has 0 bridgehead atoms. The maximum atomic E-state index is 6.00. The molecule has 2 aromatic heterocycles. The first-order valence-electron chi connectivity index (χ1n) is 5.84. The minimum atomic E-state index is -0.0783. The second kappa shape index (κ2) is 5.27. The monoisotopic (exact) mass is 289 g/mol. The molecule has 0 saturated heterocycles. The zero-order valence-electron chi connectivity index (χ0n) is 10.0. The predicted molar refractivity (Wildman–Crippen MR) is 80.2 cm³/mol. The van der Waals surface area contributed by atoms with Crippen LogP contribution >= 0.6 is 22.9 Å². The van der Waals surface area contributed by atoms with Crippen LogP contribution in [0.2, 0.25) is 4.34 Å². The van der Waals surface area contributed by atoms with Gasteiger partial charge in [-0.15, -0.1) is 11.3 Å². The second-order valence-corrected chi connectivity index (χ2v) is 5.91. The molecule has 3 N–H and O–H groups in total. The van der Waals surface area contributed by atoms with Crippen molar-refractivity contribution in [3.05, 3.63) is 63.4 Å². The largest absolute Gasteiger partial charge is 0.271 e. The third kappa shape index (κ3) is 2.35. The van der Waals surface area contributed by atoms with E-state index in [1.807, 2.05) is 30.3 Å². The van der Waals surface area contributed by atoms with E-state index in [1.54, 1.807) is 6.20 Å². The summed E-state index contributed by atoms with van der Waals surface area (Å²) < 4.78 is 0.758. The zero-order chi connectivity index (χ0) is 13.2. The van der Waals surface area contributed by atoms with Gasteiger partial charge in [-0.05, 0) is 29.8 Å². The van der Waals surface area contributed by atoms with Gasteiger partial charge in [-0.2, -0.15) is 0 Å². The van der Waals surface area contributed by atoms with Crippen LogP contribution in [0.4, 0.5) is 0 Å². The summed E-state index contributed by atoms with van der Waals surface area (Å²) in [6.07, 6.45) is 1.79. The molecule has 0 aliphatic heterocycles. The number of nitrogens with zero attached hydrogens (tertiary/aromatic N) is 1. The lowest BCUT2D eigenvalue weighted by molar-refractivity contribution is 0.650. The number of nitrogens with two attached hydrogens (primary N) is 1. The summed E-state index contributed by atoms with van der Waals surface area (Å²) in [6, 6.07) is 13.8. The molecule has 0 radical (unpaired) electrons. The number of fused-ring (bicyclic) bond motifs is 1. The van der Waals surface area contributed by atoms with Crippen molar-refractivity contribution in [2.75, 3.05) is 0 Å². The van der Waals surface area contributed by atoms with Gasteiger partial charge in [-0.25, -0.2) is 5.43 Å². The molecule has 2 heterocycles. The van der Waals surface area contributed by atoms with Gasteiger partial charge in [0.05, 0.1) is 15.9 Å². The van der Waals surface area contributed by atoms with E-state index in [9.17, 15) is 0 Å². The summed E-state index contributed by atoms with van der Waals surface area (Å²) >= 11 is 7.53. The average molecular weight is 290 g/mol. The number of aromatic nitrogens is 1. The Balaban J connectivity index is 2.16. The first kappa shape index (κ1) is 12.6. The van der Waals surface area contributed by atoms with Crippen molar-refractivity contribution in [1.29, 1.82) is 0 Å². The lowest BCUT2D eigenvalue weighted by Crippen LogP contribution is -2.28. The fourth-order valence-corrected chi connectivity index (χ4v) is 3.33.